The lowest BCUT2D eigenvalue weighted by Gasteiger charge is -2.14. The van der Waals surface area contributed by atoms with E-state index in [2.05, 4.69) is 26.5 Å². The Morgan fingerprint density at radius 2 is 1.48 bits per heavy atom. The van der Waals surface area contributed by atoms with Crippen LogP contribution < -0.4 is 9.47 Å². The Morgan fingerprint density at radius 1 is 0.818 bits per heavy atom. The van der Waals surface area contributed by atoms with Gasteiger partial charge in [0.15, 0.2) is 0 Å². The monoisotopic (exact) mass is 452 g/mol. The first-order chi connectivity index (χ1) is 15.9. The number of hydrogen-bond acceptors (Lipinski definition) is 4. The summed E-state index contributed by atoms with van der Waals surface area (Å²) < 4.78 is 46.5. The Morgan fingerprint density at radius 3 is 2.12 bits per heavy atom. The van der Waals surface area contributed by atoms with Gasteiger partial charge in [-0.05, 0) is 79.9 Å². The van der Waals surface area contributed by atoms with Gasteiger partial charge in [0.05, 0.1) is 0 Å². The molecular formula is C26H23F3N2O2. The van der Waals surface area contributed by atoms with Crippen molar-refractivity contribution in [3.8, 4) is 34.5 Å². The predicted octanol–water partition coefficient (Wildman–Crippen LogP) is 5.52. The quantitative estimate of drug-likeness (QED) is 0.461. The molecule has 0 atom stereocenters. The minimum atomic E-state index is -4.70. The van der Waals surface area contributed by atoms with Crippen LogP contribution in [-0.2, 0) is 0 Å². The van der Waals surface area contributed by atoms with Gasteiger partial charge in [0, 0.05) is 23.9 Å². The average Bonchev–Trinajstić information content (AvgIpc) is 3.32. The summed E-state index contributed by atoms with van der Waals surface area (Å²) >= 11 is 0. The number of benzene rings is 2. The fourth-order valence-electron chi connectivity index (χ4n) is 3.56. The van der Waals surface area contributed by atoms with Crippen LogP contribution in [0.2, 0.25) is 0 Å². The number of halogens is 3. The van der Waals surface area contributed by atoms with Crippen LogP contribution >= 0.6 is 0 Å². The molecule has 4 nitrogen and oxygen atoms in total. The maximum absolute atomic E-state index is 12.3. The Labute approximate surface area is 191 Å². The summed E-state index contributed by atoms with van der Waals surface area (Å²) in [5.41, 5.74) is 2.96. The van der Waals surface area contributed by atoms with Crippen molar-refractivity contribution < 1.29 is 22.6 Å². The van der Waals surface area contributed by atoms with E-state index in [0.717, 1.165) is 42.1 Å². The Bertz CT molecular complexity index is 1090. The smallest absolute Gasteiger partial charge is 0.492 e. The van der Waals surface area contributed by atoms with E-state index in [1.165, 1.54) is 25.0 Å². The van der Waals surface area contributed by atoms with Crippen LogP contribution in [0.1, 0.15) is 24.1 Å². The lowest BCUT2D eigenvalue weighted by Crippen LogP contribution is -2.25. The van der Waals surface area contributed by atoms with Crippen molar-refractivity contribution >= 4 is 0 Å². The lowest BCUT2D eigenvalue weighted by molar-refractivity contribution is -0.274. The van der Waals surface area contributed by atoms with E-state index in [1.807, 2.05) is 30.3 Å². The van der Waals surface area contributed by atoms with Crippen LogP contribution in [0.3, 0.4) is 0 Å². The maximum atomic E-state index is 12.3. The van der Waals surface area contributed by atoms with Gasteiger partial charge in [-0.25, -0.2) is 4.98 Å². The van der Waals surface area contributed by atoms with Crippen LogP contribution in [0.15, 0.2) is 66.9 Å². The summed E-state index contributed by atoms with van der Waals surface area (Å²) in [5, 5.41) is 0. The molecule has 4 rings (SSSR count). The van der Waals surface area contributed by atoms with Crippen molar-refractivity contribution in [1.82, 2.24) is 9.88 Å². The molecule has 7 heteroatoms. The van der Waals surface area contributed by atoms with Crippen molar-refractivity contribution in [3.05, 3.63) is 78.1 Å². The molecule has 2 heterocycles. The van der Waals surface area contributed by atoms with Crippen LogP contribution in [0.25, 0.3) is 11.1 Å². The molecule has 1 aliphatic heterocycles. The number of alkyl halides is 3. The summed E-state index contributed by atoms with van der Waals surface area (Å²) in [7, 11) is 0. The van der Waals surface area contributed by atoms with E-state index >= 15 is 0 Å². The number of ether oxygens (including phenoxy) is 2. The zero-order valence-electron chi connectivity index (χ0n) is 17.9. The zero-order chi connectivity index (χ0) is 23.1. The first-order valence-electron chi connectivity index (χ1n) is 10.7. The fraction of sp³-hybridized carbons (Fsp3) is 0.269. The number of rotatable bonds is 6. The summed E-state index contributed by atoms with van der Waals surface area (Å²) in [6.07, 6.45) is -0.511. The van der Waals surface area contributed by atoms with Gasteiger partial charge >= 0.3 is 6.36 Å². The molecule has 1 aromatic heterocycles. The maximum Gasteiger partial charge on any atom is 0.573 e. The van der Waals surface area contributed by atoms with E-state index in [9.17, 15) is 13.2 Å². The molecule has 0 spiro atoms. The minimum Gasteiger partial charge on any atom is -0.492 e. The van der Waals surface area contributed by atoms with Gasteiger partial charge in [0.25, 0.3) is 0 Å². The molecule has 3 aromatic rings. The Kier molecular flexibility index (Phi) is 7.16. The van der Waals surface area contributed by atoms with Crippen molar-refractivity contribution in [1.29, 1.82) is 0 Å². The highest BCUT2D eigenvalue weighted by molar-refractivity contribution is 5.63. The molecule has 0 aliphatic carbocycles. The topological polar surface area (TPSA) is 34.6 Å². The van der Waals surface area contributed by atoms with Crippen LogP contribution in [0, 0.1) is 11.8 Å². The summed E-state index contributed by atoms with van der Waals surface area (Å²) in [6, 6.07) is 16.9. The van der Waals surface area contributed by atoms with Crippen molar-refractivity contribution in [2.45, 2.75) is 19.2 Å². The van der Waals surface area contributed by atoms with E-state index in [4.69, 9.17) is 4.74 Å². The molecule has 1 saturated heterocycles. The molecule has 0 amide bonds. The molecule has 2 aromatic carbocycles. The molecule has 0 radical (unpaired) electrons. The third kappa shape index (κ3) is 6.99. The van der Waals surface area contributed by atoms with Crippen LogP contribution in [-0.4, -0.2) is 42.5 Å². The number of pyridine rings is 1. The van der Waals surface area contributed by atoms with Gasteiger partial charge in [-0.3, -0.25) is 4.90 Å². The highest BCUT2D eigenvalue weighted by Crippen LogP contribution is 2.26. The molecular weight excluding hydrogens is 429 g/mol. The molecule has 0 bridgehead atoms. The van der Waals surface area contributed by atoms with Crippen molar-refractivity contribution in [2.24, 2.45) is 0 Å². The van der Waals surface area contributed by atoms with Crippen LogP contribution in [0.5, 0.6) is 11.5 Å². The largest absolute Gasteiger partial charge is 0.573 e. The second-order valence-corrected chi connectivity index (χ2v) is 7.68. The van der Waals surface area contributed by atoms with Crippen molar-refractivity contribution in [3.63, 3.8) is 0 Å². The van der Waals surface area contributed by atoms with Gasteiger partial charge in [-0.1, -0.05) is 24.1 Å². The first-order valence-corrected chi connectivity index (χ1v) is 10.7. The molecule has 0 unspecified atom stereocenters. The van der Waals surface area contributed by atoms with Gasteiger partial charge in [0.2, 0.25) is 0 Å². The predicted molar refractivity (Wildman–Crippen MR) is 120 cm³/mol. The number of aromatic nitrogens is 1. The molecule has 0 saturated carbocycles. The third-order valence-corrected chi connectivity index (χ3v) is 5.25. The summed E-state index contributed by atoms with van der Waals surface area (Å²) in [6.45, 7) is 3.96. The van der Waals surface area contributed by atoms with E-state index in [0.29, 0.717) is 12.3 Å². The highest BCUT2D eigenvalue weighted by Gasteiger charge is 2.30. The molecule has 0 N–H and O–H groups in total. The normalized spacial score (nSPS) is 13.9. The number of hydrogen-bond donors (Lipinski definition) is 0. The molecule has 170 valence electrons. The zero-order valence-corrected chi connectivity index (χ0v) is 17.9. The van der Waals surface area contributed by atoms with Gasteiger partial charge in [-0.15, -0.1) is 13.2 Å². The minimum absolute atomic E-state index is 0.260. The highest BCUT2D eigenvalue weighted by atomic mass is 19.4. The lowest BCUT2D eigenvalue weighted by atomic mass is 10.1. The van der Waals surface area contributed by atoms with E-state index in [-0.39, 0.29) is 5.75 Å². The number of likely N-dealkylation sites (tertiary alicyclic amines) is 1. The summed E-state index contributed by atoms with van der Waals surface area (Å²) in [5.74, 6) is 6.67. The summed E-state index contributed by atoms with van der Waals surface area (Å²) in [4.78, 5) is 6.75. The molecule has 1 aliphatic rings. The third-order valence-electron chi connectivity index (χ3n) is 5.25. The fourth-order valence-corrected chi connectivity index (χ4v) is 3.56. The van der Waals surface area contributed by atoms with E-state index in [1.54, 1.807) is 24.4 Å². The van der Waals surface area contributed by atoms with Crippen molar-refractivity contribution in [2.75, 3.05) is 26.2 Å². The standard InChI is InChI=1S/C26H23F3N2O2/c27-26(28,29)33-25-13-7-21(8-14-25)22-6-10-23(30-19-22)9-3-20-4-11-24(12-5-20)32-18-17-31-15-1-2-16-31/h4-8,10-14,19H,1-2,15-18H2. The molecule has 1 fully saturated rings. The SMILES string of the molecule is FC(F)(F)Oc1ccc(-c2ccc(C#Cc3ccc(OCCN4CCCC4)cc3)nc2)cc1. The molecule has 33 heavy (non-hydrogen) atoms. The second kappa shape index (κ2) is 10.4. The van der Waals surface area contributed by atoms with Crippen LogP contribution in [0.4, 0.5) is 13.2 Å². The first kappa shape index (κ1) is 22.7. The van der Waals surface area contributed by atoms with Gasteiger partial charge < -0.3 is 9.47 Å². The second-order valence-electron chi connectivity index (χ2n) is 7.68. The van der Waals surface area contributed by atoms with E-state index < -0.39 is 6.36 Å². The van der Waals surface area contributed by atoms with Gasteiger partial charge in [-0.2, -0.15) is 0 Å². The number of nitrogens with zero attached hydrogens (tertiary/aromatic N) is 2. The van der Waals surface area contributed by atoms with Gasteiger partial charge in [0.1, 0.15) is 23.8 Å². The Balaban J connectivity index is 1.31. The average molecular weight is 452 g/mol. The Hall–Kier alpha value is -3.50.